The summed E-state index contributed by atoms with van der Waals surface area (Å²) in [6.07, 6.45) is -3.16. The Bertz CT molecular complexity index is 445. The largest absolute Gasteiger partial charge is 0.389 e. The lowest BCUT2D eigenvalue weighted by atomic mass is 10.3. The van der Waals surface area contributed by atoms with Crippen molar-refractivity contribution in [3.8, 4) is 0 Å². The maximum absolute atomic E-state index is 11.8. The zero-order valence-corrected chi connectivity index (χ0v) is 9.55. The molecular formula is C9H11F3N2O2S. The number of nitrogens with zero attached hydrogens (tertiary/aromatic N) is 1. The minimum Gasteiger partial charge on any atom is -0.282 e. The molecule has 1 aromatic heterocycles. The molecule has 0 fully saturated rings. The van der Waals surface area contributed by atoms with Crippen LogP contribution in [0.4, 0.5) is 18.9 Å². The summed E-state index contributed by atoms with van der Waals surface area (Å²) in [4.78, 5) is 3.68. The Morgan fingerprint density at radius 1 is 1.35 bits per heavy atom. The van der Waals surface area contributed by atoms with Gasteiger partial charge in [0.15, 0.2) is 0 Å². The summed E-state index contributed by atoms with van der Waals surface area (Å²) < 4.78 is 60.4. The van der Waals surface area contributed by atoms with Crippen LogP contribution in [0, 0.1) is 0 Å². The van der Waals surface area contributed by atoms with Crippen molar-refractivity contribution in [3.05, 3.63) is 24.5 Å². The molecule has 0 radical (unpaired) electrons. The first-order valence-corrected chi connectivity index (χ1v) is 6.41. The van der Waals surface area contributed by atoms with Crippen LogP contribution in [0.1, 0.15) is 12.8 Å². The molecule has 17 heavy (non-hydrogen) atoms. The van der Waals surface area contributed by atoms with Crippen molar-refractivity contribution in [2.24, 2.45) is 0 Å². The number of alkyl halides is 3. The molecule has 0 spiro atoms. The summed E-state index contributed by atoms with van der Waals surface area (Å²) in [7, 11) is -3.75. The van der Waals surface area contributed by atoms with E-state index in [1.54, 1.807) is 0 Å². The number of nitrogens with one attached hydrogen (secondary N) is 1. The van der Waals surface area contributed by atoms with Crippen molar-refractivity contribution in [2.45, 2.75) is 19.0 Å². The van der Waals surface area contributed by atoms with Gasteiger partial charge in [0.05, 0.1) is 17.6 Å². The maximum Gasteiger partial charge on any atom is 0.389 e. The molecule has 0 atom stereocenters. The Kier molecular flexibility index (Phi) is 4.33. The highest BCUT2D eigenvalue weighted by molar-refractivity contribution is 7.92. The Balaban J connectivity index is 2.48. The molecule has 0 amide bonds. The number of hydrogen-bond acceptors (Lipinski definition) is 3. The fourth-order valence-corrected chi connectivity index (χ4v) is 2.22. The normalized spacial score (nSPS) is 12.4. The molecule has 1 rings (SSSR count). The SMILES string of the molecule is O=S(=O)(CCCC(F)(F)F)Nc1cccnc1. The predicted octanol–water partition coefficient (Wildman–Crippen LogP) is 2.17. The highest BCUT2D eigenvalue weighted by atomic mass is 32.2. The van der Waals surface area contributed by atoms with E-state index in [2.05, 4.69) is 9.71 Å². The summed E-state index contributed by atoms with van der Waals surface area (Å²) in [5.41, 5.74) is 0.236. The van der Waals surface area contributed by atoms with Gasteiger partial charge in [0.2, 0.25) is 10.0 Å². The Labute approximate surface area is 96.9 Å². The van der Waals surface area contributed by atoms with Crippen molar-refractivity contribution >= 4 is 15.7 Å². The van der Waals surface area contributed by atoms with Crippen LogP contribution in [0.5, 0.6) is 0 Å². The van der Waals surface area contributed by atoms with Crippen LogP contribution < -0.4 is 4.72 Å². The summed E-state index contributed by atoms with van der Waals surface area (Å²) in [5, 5.41) is 0. The summed E-state index contributed by atoms with van der Waals surface area (Å²) in [6.45, 7) is 0. The number of pyridine rings is 1. The standard InChI is InChI=1S/C9H11F3N2O2S/c10-9(11,12)4-2-6-17(15,16)14-8-3-1-5-13-7-8/h1,3,5,7,14H,2,4,6H2. The molecule has 8 heteroatoms. The summed E-state index contributed by atoms with van der Waals surface area (Å²) in [5.74, 6) is -0.568. The molecule has 96 valence electrons. The first-order chi connectivity index (χ1) is 7.79. The molecule has 4 nitrogen and oxygen atoms in total. The third-order valence-electron chi connectivity index (χ3n) is 1.81. The van der Waals surface area contributed by atoms with Gasteiger partial charge >= 0.3 is 6.18 Å². The van der Waals surface area contributed by atoms with E-state index in [0.29, 0.717) is 0 Å². The van der Waals surface area contributed by atoms with Gasteiger partial charge in [-0.15, -0.1) is 0 Å². The zero-order valence-electron chi connectivity index (χ0n) is 8.74. The van der Waals surface area contributed by atoms with E-state index in [9.17, 15) is 21.6 Å². The van der Waals surface area contributed by atoms with E-state index in [1.807, 2.05) is 0 Å². The summed E-state index contributed by atoms with van der Waals surface area (Å²) >= 11 is 0. The molecule has 0 saturated heterocycles. The fraction of sp³-hybridized carbons (Fsp3) is 0.444. The van der Waals surface area contributed by atoms with Gasteiger partial charge in [0.1, 0.15) is 0 Å². The average molecular weight is 268 g/mol. The fourth-order valence-electron chi connectivity index (χ4n) is 1.12. The van der Waals surface area contributed by atoms with Gasteiger partial charge in [0, 0.05) is 12.6 Å². The third kappa shape index (κ3) is 6.10. The molecule has 0 saturated carbocycles. The molecule has 0 unspecified atom stereocenters. The maximum atomic E-state index is 11.8. The first-order valence-electron chi connectivity index (χ1n) is 4.76. The molecule has 1 N–H and O–H groups in total. The van der Waals surface area contributed by atoms with Crippen molar-refractivity contribution in [2.75, 3.05) is 10.5 Å². The minimum atomic E-state index is -4.33. The molecule has 0 bridgehead atoms. The second-order valence-corrected chi connectivity index (χ2v) is 5.22. The number of anilines is 1. The topological polar surface area (TPSA) is 59.1 Å². The second kappa shape index (κ2) is 5.35. The molecule has 0 aliphatic heterocycles. The first kappa shape index (κ1) is 13.8. The van der Waals surface area contributed by atoms with E-state index >= 15 is 0 Å². The van der Waals surface area contributed by atoms with Crippen molar-refractivity contribution in [1.82, 2.24) is 4.98 Å². The molecule has 0 aromatic carbocycles. The lowest BCUT2D eigenvalue weighted by Gasteiger charge is -2.08. The van der Waals surface area contributed by atoms with Crippen LogP contribution in [-0.2, 0) is 10.0 Å². The highest BCUT2D eigenvalue weighted by Gasteiger charge is 2.27. The molecule has 0 aliphatic rings. The van der Waals surface area contributed by atoms with Crippen LogP contribution in [0.2, 0.25) is 0 Å². The smallest absolute Gasteiger partial charge is 0.282 e. The monoisotopic (exact) mass is 268 g/mol. The van der Waals surface area contributed by atoms with E-state index in [0.717, 1.165) is 0 Å². The molecule has 1 heterocycles. The Morgan fingerprint density at radius 2 is 2.06 bits per heavy atom. The number of rotatable bonds is 5. The summed E-state index contributed by atoms with van der Waals surface area (Å²) in [6, 6.07) is 2.99. The highest BCUT2D eigenvalue weighted by Crippen LogP contribution is 2.21. The van der Waals surface area contributed by atoms with E-state index in [-0.39, 0.29) is 5.69 Å². The molecular weight excluding hydrogens is 257 g/mol. The average Bonchev–Trinajstić information content (AvgIpc) is 2.15. The number of halogens is 3. The van der Waals surface area contributed by atoms with Gasteiger partial charge in [-0.05, 0) is 18.6 Å². The quantitative estimate of drug-likeness (QED) is 0.890. The van der Waals surface area contributed by atoms with Gasteiger partial charge in [-0.2, -0.15) is 13.2 Å². The van der Waals surface area contributed by atoms with E-state index in [4.69, 9.17) is 0 Å². The Hall–Kier alpha value is -1.31. The lowest BCUT2D eigenvalue weighted by molar-refractivity contribution is -0.134. The van der Waals surface area contributed by atoms with Crippen LogP contribution in [0.15, 0.2) is 24.5 Å². The molecule has 1 aromatic rings. The van der Waals surface area contributed by atoms with Crippen molar-refractivity contribution in [1.29, 1.82) is 0 Å². The van der Waals surface area contributed by atoms with Gasteiger partial charge in [0.25, 0.3) is 0 Å². The van der Waals surface area contributed by atoms with Gasteiger partial charge in [-0.25, -0.2) is 8.42 Å². The van der Waals surface area contributed by atoms with Crippen molar-refractivity contribution < 1.29 is 21.6 Å². The minimum absolute atomic E-state index is 0.236. The van der Waals surface area contributed by atoms with E-state index < -0.39 is 34.8 Å². The second-order valence-electron chi connectivity index (χ2n) is 3.38. The Morgan fingerprint density at radius 3 is 2.59 bits per heavy atom. The van der Waals surface area contributed by atoms with Crippen LogP contribution in [-0.4, -0.2) is 25.3 Å². The van der Waals surface area contributed by atoms with Crippen LogP contribution in [0.25, 0.3) is 0 Å². The van der Waals surface area contributed by atoms with Gasteiger partial charge in [-0.1, -0.05) is 0 Å². The van der Waals surface area contributed by atoms with Gasteiger partial charge in [-0.3, -0.25) is 9.71 Å². The number of hydrogen-bond donors (Lipinski definition) is 1. The predicted molar refractivity (Wildman–Crippen MR) is 56.9 cm³/mol. The zero-order chi connectivity index (χ0) is 12.9. The van der Waals surface area contributed by atoms with E-state index in [1.165, 1.54) is 24.5 Å². The van der Waals surface area contributed by atoms with Crippen LogP contribution >= 0.6 is 0 Å². The third-order valence-corrected chi connectivity index (χ3v) is 3.18. The van der Waals surface area contributed by atoms with Gasteiger partial charge < -0.3 is 0 Å². The number of aromatic nitrogens is 1. The molecule has 0 aliphatic carbocycles. The van der Waals surface area contributed by atoms with Crippen molar-refractivity contribution in [3.63, 3.8) is 0 Å². The van der Waals surface area contributed by atoms with Crippen LogP contribution in [0.3, 0.4) is 0 Å². The number of sulfonamides is 1. The lowest BCUT2D eigenvalue weighted by Crippen LogP contribution is -2.18.